The zero-order chi connectivity index (χ0) is 14.8. The van der Waals surface area contributed by atoms with E-state index in [1.807, 2.05) is 19.4 Å². The Morgan fingerprint density at radius 2 is 2.14 bits per heavy atom. The molecule has 0 amide bonds. The highest BCUT2D eigenvalue weighted by Crippen LogP contribution is 2.18. The Morgan fingerprint density at radius 1 is 1.41 bits per heavy atom. The van der Waals surface area contributed by atoms with Crippen molar-refractivity contribution in [2.45, 2.75) is 26.3 Å². The molecule has 3 rings (SSSR count). The predicted molar refractivity (Wildman–Crippen MR) is 93.3 cm³/mol. The summed E-state index contributed by atoms with van der Waals surface area (Å²) in [6.45, 7) is 6.02. The van der Waals surface area contributed by atoms with Gasteiger partial charge in [-0.1, -0.05) is 0 Å². The minimum Gasteiger partial charge on any atom is -0.319 e. The molecule has 122 valence electrons. The highest BCUT2D eigenvalue weighted by atomic mass is 35.5. The van der Waals surface area contributed by atoms with Crippen molar-refractivity contribution in [1.29, 1.82) is 0 Å². The number of hydrogen-bond donors (Lipinski definition) is 1. The van der Waals surface area contributed by atoms with Gasteiger partial charge < -0.3 is 5.32 Å². The summed E-state index contributed by atoms with van der Waals surface area (Å²) in [5.41, 5.74) is 1.90. The monoisotopic (exact) mass is 342 g/mol. The van der Waals surface area contributed by atoms with Crippen molar-refractivity contribution in [1.82, 2.24) is 19.6 Å². The van der Waals surface area contributed by atoms with Crippen LogP contribution in [0.25, 0.3) is 4.96 Å². The highest BCUT2D eigenvalue weighted by Gasteiger charge is 2.19. The molecule has 1 aliphatic rings. The van der Waals surface area contributed by atoms with E-state index in [0.717, 1.165) is 48.4 Å². The first-order valence-corrected chi connectivity index (χ1v) is 8.39. The van der Waals surface area contributed by atoms with Gasteiger partial charge in [0, 0.05) is 23.7 Å². The second kappa shape index (κ2) is 7.55. The van der Waals surface area contributed by atoms with E-state index in [9.17, 15) is 4.79 Å². The molecular weight excluding hydrogens is 320 g/mol. The summed E-state index contributed by atoms with van der Waals surface area (Å²) < 4.78 is 1.69. The minimum absolute atomic E-state index is 0. The summed E-state index contributed by atoms with van der Waals surface area (Å²) in [5, 5.41) is 5.24. The molecule has 5 nitrogen and oxygen atoms in total. The van der Waals surface area contributed by atoms with E-state index < -0.39 is 0 Å². The van der Waals surface area contributed by atoms with Crippen LogP contribution in [0.15, 0.2) is 16.2 Å². The quantitative estimate of drug-likeness (QED) is 0.922. The number of fused-ring (bicyclic) bond motifs is 1. The third-order valence-corrected chi connectivity index (χ3v) is 5.16. The van der Waals surface area contributed by atoms with Crippen LogP contribution in [0.1, 0.15) is 24.2 Å². The molecule has 7 heteroatoms. The van der Waals surface area contributed by atoms with Crippen LogP contribution in [0.5, 0.6) is 0 Å². The van der Waals surface area contributed by atoms with E-state index in [-0.39, 0.29) is 18.0 Å². The first kappa shape index (κ1) is 17.4. The number of piperidine rings is 1. The Bertz CT molecular complexity index is 676. The van der Waals surface area contributed by atoms with Crippen molar-refractivity contribution >= 4 is 28.7 Å². The summed E-state index contributed by atoms with van der Waals surface area (Å²) in [4.78, 5) is 20.0. The van der Waals surface area contributed by atoms with Gasteiger partial charge in [0.1, 0.15) is 0 Å². The molecule has 0 aromatic carbocycles. The van der Waals surface area contributed by atoms with Gasteiger partial charge in [-0.2, -0.15) is 0 Å². The summed E-state index contributed by atoms with van der Waals surface area (Å²) in [6, 6.07) is 1.69. The Kier molecular flexibility index (Phi) is 5.97. The fourth-order valence-electron chi connectivity index (χ4n) is 3.05. The predicted octanol–water partition coefficient (Wildman–Crippen LogP) is 1.92. The maximum absolute atomic E-state index is 12.2. The summed E-state index contributed by atoms with van der Waals surface area (Å²) in [5.74, 6) is 0.784. The molecular formula is C15H23ClN4OS. The molecule has 2 aromatic rings. The normalized spacial score (nSPS) is 16.8. The molecule has 1 saturated heterocycles. The third kappa shape index (κ3) is 3.68. The van der Waals surface area contributed by atoms with E-state index in [4.69, 9.17) is 0 Å². The van der Waals surface area contributed by atoms with Crippen molar-refractivity contribution in [3.05, 3.63) is 33.2 Å². The van der Waals surface area contributed by atoms with E-state index in [2.05, 4.69) is 15.2 Å². The van der Waals surface area contributed by atoms with E-state index in [1.165, 1.54) is 24.2 Å². The number of aromatic nitrogens is 2. The highest BCUT2D eigenvalue weighted by molar-refractivity contribution is 7.15. The van der Waals surface area contributed by atoms with Crippen molar-refractivity contribution in [2.75, 3.05) is 26.7 Å². The third-order valence-electron chi connectivity index (χ3n) is 4.21. The molecule has 0 unspecified atom stereocenters. The Hall–Kier alpha value is -0.950. The molecule has 2 aromatic heterocycles. The first-order chi connectivity index (χ1) is 10.2. The summed E-state index contributed by atoms with van der Waals surface area (Å²) in [7, 11) is 2.02. The molecule has 0 spiro atoms. The lowest BCUT2D eigenvalue weighted by Gasteiger charge is -2.31. The van der Waals surface area contributed by atoms with Crippen LogP contribution in [0.2, 0.25) is 0 Å². The van der Waals surface area contributed by atoms with Gasteiger partial charge in [-0.3, -0.25) is 14.1 Å². The fourth-order valence-corrected chi connectivity index (χ4v) is 3.94. The molecule has 0 atom stereocenters. The van der Waals surface area contributed by atoms with Gasteiger partial charge >= 0.3 is 0 Å². The Labute approximate surface area is 140 Å². The van der Waals surface area contributed by atoms with Gasteiger partial charge in [-0.05, 0) is 52.4 Å². The van der Waals surface area contributed by atoms with Crippen LogP contribution in [0.3, 0.4) is 0 Å². The Balaban J connectivity index is 0.00000176. The molecule has 0 radical (unpaired) electrons. The lowest BCUT2D eigenvalue weighted by atomic mass is 9.97. The average molecular weight is 343 g/mol. The maximum atomic E-state index is 12.2. The second-order valence-corrected chi connectivity index (χ2v) is 6.69. The van der Waals surface area contributed by atoms with Crippen LogP contribution < -0.4 is 10.9 Å². The largest absolute Gasteiger partial charge is 0.319 e. The standard InChI is InChI=1S/C15H22N4OS.ClH/c1-11-10-21-15-17-13(7-14(20)19(11)15)9-18-5-3-12(4-6-18)8-16-2;/h7,10,12,16H,3-6,8-9H2,1-2H3;1H. The molecule has 0 aliphatic carbocycles. The number of aryl methyl sites for hydroxylation is 1. The molecule has 0 saturated carbocycles. The molecule has 0 bridgehead atoms. The van der Waals surface area contributed by atoms with Gasteiger partial charge in [0.2, 0.25) is 0 Å². The topological polar surface area (TPSA) is 49.6 Å². The SMILES string of the molecule is CNCC1CCN(Cc2cc(=O)n3c(C)csc3n2)CC1.Cl. The minimum atomic E-state index is 0. The van der Waals surface area contributed by atoms with Gasteiger partial charge in [0.15, 0.2) is 4.96 Å². The Morgan fingerprint density at radius 3 is 2.82 bits per heavy atom. The molecule has 1 aliphatic heterocycles. The molecule has 3 heterocycles. The van der Waals surface area contributed by atoms with Crippen molar-refractivity contribution < 1.29 is 0 Å². The van der Waals surface area contributed by atoms with Crippen LogP contribution in [0, 0.1) is 12.8 Å². The molecule has 1 N–H and O–H groups in total. The van der Waals surface area contributed by atoms with Crippen molar-refractivity contribution in [3.8, 4) is 0 Å². The zero-order valence-electron chi connectivity index (χ0n) is 13.0. The molecule has 22 heavy (non-hydrogen) atoms. The van der Waals surface area contributed by atoms with Gasteiger partial charge in [0.25, 0.3) is 5.56 Å². The number of likely N-dealkylation sites (tertiary alicyclic amines) is 1. The number of rotatable bonds is 4. The fraction of sp³-hybridized carbons (Fsp3) is 0.600. The maximum Gasteiger partial charge on any atom is 0.259 e. The van der Waals surface area contributed by atoms with Crippen molar-refractivity contribution in [2.24, 2.45) is 5.92 Å². The zero-order valence-corrected chi connectivity index (χ0v) is 14.7. The number of thiazole rings is 1. The summed E-state index contributed by atoms with van der Waals surface area (Å²) >= 11 is 1.54. The number of nitrogens with one attached hydrogen (secondary N) is 1. The average Bonchev–Trinajstić information content (AvgIpc) is 2.83. The van der Waals surface area contributed by atoms with Crippen LogP contribution in [0.4, 0.5) is 0 Å². The smallest absolute Gasteiger partial charge is 0.259 e. The van der Waals surface area contributed by atoms with Crippen LogP contribution in [-0.2, 0) is 6.54 Å². The summed E-state index contributed by atoms with van der Waals surface area (Å²) in [6.07, 6.45) is 2.44. The van der Waals surface area contributed by atoms with E-state index in [1.54, 1.807) is 10.5 Å². The van der Waals surface area contributed by atoms with Gasteiger partial charge in [-0.15, -0.1) is 23.7 Å². The lowest BCUT2D eigenvalue weighted by Crippen LogP contribution is -2.36. The van der Waals surface area contributed by atoms with Gasteiger partial charge in [-0.25, -0.2) is 4.98 Å². The van der Waals surface area contributed by atoms with Gasteiger partial charge in [0.05, 0.1) is 5.69 Å². The lowest BCUT2D eigenvalue weighted by molar-refractivity contribution is 0.175. The van der Waals surface area contributed by atoms with E-state index in [0.29, 0.717) is 0 Å². The van der Waals surface area contributed by atoms with Crippen LogP contribution in [-0.4, -0.2) is 41.0 Å². The number of halogens is 1. The number of nitrogens with zero attached hydrogens (tertiary/aromatic N) is 3. The first-order valence-electron chi connectivity index (χ1n) is 7.51. The number of hydrogen-bond acceptors (Lipinski definition) is 5. The van der Waals surface area contributed by atoms with Crippen LogP contribution >= 0.6 is 23.7 Å². The van der Waals surface area contributed by atoms with E-state index >= 15 is 0 Å². The van der Waals surface area contributed by atoms with Crippen molar-refractivity contribution in [3.63, 3.8) is 0 Å². The second-order valence-electron chi connectivity index (χ2n) is 5.86. The molecule has 1 fully saturated rings.